The summed E-state index contributed by atoms with van der Waals surface area (Å²) < 4.78 is 6.54. The van der Waals surface area contributed by atoms with Crippen LogP contribution in [0.2, 0.25) is 0 Å². The molecule has 0 atom stereocenters. The van der Waals surface area contributed by atoms with Gasteiger partial charge in [-0.05, 0) is 49.8 Å². The highest BCUT2D eigenvalue weighted by molar-refractivity contribution is 5.85. The smallest absolute Gasteiger partial charge is 0.238 e. The molecule has 3 fully saturated rings. The third-order valence-electron chi connectivity index (χ3n) is 7.98. The van der Waals surface area contributed by atoms with Crippen molar-refractivity contribution in [3.05, 3.63) is 48.3 Å². The number of halogens is 1. The molecule has 0 bridgehead atoms. The molecule has 0 amide bonds. The topological polar surface area (TPSA) is 74.6 Å². The van der Waals surface area contributed by atoms with Crippen molar-refractivity contribution in [3.63, 3.8) is 0 Å². The van der Waals surface area contributed by atoms with Crippen molar-refractivity contribution in [1.82, 2.24) is 15.0 Å². The fraction of sp³-hybridized carbons (Fsp3) is 0.536. The van der Waals surface area contributed by atoms with Crippen molar-refractivity contribution >= 4 is 34.9 Å². The van der Waals surface area contributed by atoms with Crippen LogP contribution in [0.15, 0.2) is 42.6 Å². The summed E-state index contributed by atoms with van der Waals surface area (Å²) in [4.78, 5) is 19.4. The number of benzene rings is 1. The number of aromatic nitrogens is 3. The SMILES string of the molecule is Cl.OCC1CCN(c2cnc(C3CCCCC3)c(OC3CN(c4ccc5ccccc5n4)C3)n2)CC1. The number of fused-ring (bicyclic) bond motifs is 1. The molecule has 0 unspecified atom stereocenters. The summed E-state index contributed by atoms with van der Waals surface area (Å²) in [7, 11) is 0. The highest BCUT2D eigenvalue weighted by Gasteiger charge is 2.33. The van der Waals surface area contributed by atoms with E-state index in [0.29, 0.717) is 11.8 Å². The minimum Gasteiger partial charge on any atom is -0.469 e. The predicted octanol–water partition coefficient (Wildman–Crippen LogP) is 4.97. The van der Waals surface area contributed by atoms with Crippen molar-refractivity contribution in [1.29, 1.82) is 0 Å². The molecule has 8 heteroatoms. The van der Waals surface area contributed by atoms with Crippen LogP contribution < -0.4 is 14.5 Å². The van der Waals surface area contributed by atoms with E-state index in [9.17, 15) is 5.11 Å². The molecule has 2 aromatic heterocycles. The van der Waals surface area contributed by atoms with Gasteiger partial charge in [0.15, 0.2) is 5.82 Å². The zero-order valence-electron chi connectivity index (χ0n) is 20.8. The highest BCUT2D eigenvalue weighted by Crippen LogP contribution is 2.37. The Hall–Kier alpha value is -2.64. The largest absolute Gasteiger partial charge is 0.469 e. The quantitative estimate of drug-likeness (QED) is 0.502. The first-order chi connectivity index (χ1) is 17.3. The van der Waals surface area contributed by atoms with E-state index in [2.05, 4.69) is 34.1 Å². The number of hydrogen-bond acceptors (Lipinski definition) is 7. The second-order valence-corrected chi connectivity index (χ2v) is 10.4. The number of hydrogen-bond donors (Lipinski definition) is 1. The summed E-state index contributed by atoms with van der Waals surface area (Å²) in [6.07, 6.45) is 10.2. The Labute approximate surface area is 219 Å². The van der Waals surface area contributed by atoms with E-state index >= 15 is 0 Å². The lowest BCUT2D eigenvalue weighted by molar-refractivity contribution is 0.155. The van der Waals surface area contributed by atoms with Crippen molar-refractivity contribution in [2.24, 2.45) is 5.92 Å². The summed E-state index contributed by atoms with van der Waals surface area (Å²) in [5.41, 5.74) is 2.07. The lowest BCUT2D eigenvalue weighted by atomic mass is 9.87. The number of anilines is 2. The fourth-order valence-electron chi connectivity index (χ4n) is 5.70. The molecule has 6 rings (SSSR count). The van der Waals surface area contributed by atoms with Crippen LogP contribution in [0.1, 0.15) is 56.6 Å². The van der Waals surface area contributed by atoms with Crippen LogP contribution in [-0.4, -0.2) is 58.9 Å². The van der Waals surface area contributed by atoms with Crippen LogP contribution in [0.25, 0.3) is 10.9 Å². The first-order valence-corrected chi connectivity index (χ1v) is 13.3. The van der Waals surface area contributed by atoms with Gasteiger partial charge in [0, 0.05) is 31.0 Å². The summed E-state index contributed by atoms with van der Waals surface area (Å²) >= 11 is 0. The standard InChI is InChI=1S/C28H35N5O2.ClH/c34-19-20-12-14-32(15-13-20)26-16-29-27(22-7-2-1-3-8-22)28(31-26)35-23-17-33(18-23)25-11-10-21-6-4-5-9-24(21)30-25;/h4-6,9-11,16,20,22-23,34H,1-3,7-8,12-15,17-19H2;1H. The van der Waals surface area contributed by atoms with Crippen LogP contribution in [0.3, 0.4) is 0 Å². The maximum Gasteiger partial charge on any atom is 0.238 e. The van der Waals surface area contributed by atoms with Crippen LogP contribution in [0.5, 0.6) is 5.88 Å². The lowest BCUT2D eigenvalue weighted by Crippen LogP contribution is -2.54. The zero-order chi connectivity index (χ0) is 23.6. The Morgan fingerprint density at radius 2 is 1.64 bits per heavy atom. The van der Waals surface area contributed by atoms with Gasteiger partial charge in [0.25, 0.3) is 0 Å². The second kappa shape index (κ2) is 11.2. The molecule has 2 saturated heterocycles. The molecule has 4 heterocycles. The maximum absolute atomic E-state index is 9.49. The molecule has 7 nitrogen and oxygen atoms in total. The van der Waals surface area contributed by atoms with Crippen molar-refractivity contribution < 1.29 is 9.84 Å². The summed E-state index contributed by atoms with van der Waals surface area (Å²) in [5, 5.41) is 10.6. The monoisotopic (exact) mass is 509 g/mol. The minimum absolute atomic E-state index is 0. The van der Waals surface area contributed by atoms with Crippen molar-refractivity contribution in [2.75, 3.05) is 42.6 Å². The highest BCUT2D eigenvalue weighted by atomic mass is 35.5. The first kappa shape index (κ1) is 25.0. The van der Waals surface area contributed by atoms with Crippen molar-refractivity contribution in [2.45, 2.75) is 57.0 Å². The fourth-order valence-corrected chi connectivity index (χ4v) is 5.70. The van der Waals surface area contributed by atoms with Gasteiger partial charge in [-0.15, -0.1) is 12.4 Å². The van der Waals surface area contributed by atoms with Gasteiger partial charge >= 0.3 is 0 Å². The second-order valence-electron chi connectivity index (χ2n) is 10.4. The predicted molar refractivity (Wildman–Crippen MR) is 146 cm³/mol. The van der Waals surface area contributed by atoms with Gasteiger partial charge in [0.05, 0.1) is 24.8 Å². The molecule has 0 radical (unpaired) electrons. The molecule has 2 aliphatic heterocycles. The van der Waals surface area contributed by atoms with Crippen LogP contribution in [-0.2, 0) is 0 Å². The van der Waals surface area contributed by atoms with E-state index in [1.165, 1.54) is 32.1 Å². The zero-order valence-corrected chi connectivity index (χ0v) is 21.6. The summed E-state index contributed by atoms with van der Waals surface area (Å²) in [6, 6.07) is 12.5. The van der Waals surface area contributed by atoms with Crippen LogP contribution in [0.4, 0.5) is 11.6 Å². The normalized spacial score (nSPS) is 19.7. The van der Waals surface area contributed by atoms with E-state index < -0.39 is 0 Å². The Morgan fingerprint density at radius 3 is 2.42 bits per heavy atom. The van der Waals surface area contributed by atoms with E-state index in [1.807, 2.05) is 18.3 Å². The molecule has 192 valence electrons. The molecule has 1 N–H and O–H groups in total. The lowest BCUT2D eigenvalue weighted by Gasteiger charge is -2.40. The Kier molecular flexibility index (Phi) is 7.77. The summed E-state index contributed by atoms with van der Waals surface area (Å²) in [5.74, 6) is 3.49. The molecule has 36 heavy (non-hydrogen) atoms. The van der Waals surface area contributed by atoms with Gasteiger partial charge in [-0.3, -0.25) is 4.98 Å². The van der Waals surface area contributed by atoms with E-state index in [-0.39, 0.29) is 25.1 Å². The number of pyridine rings is 1. The Balaban J connectivity index is 0.00000267. The molecule has 1 aliphatic carbocycles. The first-order valence-electron chi connectivity index (χ1n) is 13.3. The van der Waals surface area contributed by atoms with Gasteiger partial charge in [-0.1, -0.05) is 37.5 Å². The maximum atomic E-state index is 9.49. The minimum atomic E-state index is 0. The van der Waals surface area contributed by atoms with Gasteiger partial charge in [-0.2, -0.15) is 4.98 Å². The van der Waals surface area contributed by atoms with E-state index in [1.54, 1.807) is 0 Å². The molecule has 1 aromatic carbocycles. The third-order valence-corrected chi connectivity index (χ3v) is 7.98. The van der Waals surface area contributed by atoms with E-state index in [0.717, 1.165) is 73.1 Å². The Bertz CT molecular complexity index is 1160. The molecular weight excluding hydrogens is 474 g/mol. The average Bonchev–Trinajstić information content (AvgIpc) is 2.90. The number of aliphatic hydroxyl groups excluding tert-OH is 1. The average molecular weight is 510 g/mol. The molecular formula is C28H36ClN5O2. The molecule has 1 saturated carbocycles. The number of rotatable bonds is 6. The third kappa shape index (κ3) is 5.23. The van der Waals surface area contributed by atoms with Crippen molar-refractivity contribution in [3.8, 4) is 5.88 Å². The van der Waals surface area contributed by atoms with Gasteiger partial charge in [-0.25, -0.2) is 4.98 Å². The van der Waals surface area contributed by atoms with Gasteiger partial charge in [0.1, 0.15) is 17.6 Å². The number of ether oxygens (including phenoxy) is 1. The Morgan fingerprint density at radius 1 is 0.861 bits per heavy atom. The van der Waals surface area contributed by atoms with Gasteiger partial charge < -0.3 is 19.6 Å². The van der Waals surface area contributed by atoms with Crippen LogP contribution in [0, 0.1) is 5.92 Å². The van der Waals surface area contributed by atoms with Crippen LogP contribution >= 0.6 is 12.4 Å². The number of aliphatic hydroxyl groups is 1. The molecule has 3 aromatic rings. The summed E-state index contributed by atoms with van der Waals surface area (Å²) in [6.45, 7) is 3.71. The number of para-hydroxylation sites is 1. The molecule has 0 spiro atoms. The molecule has 3 aliphatic rings. The number of piperidine rings is 1. The number of nitrogens with zero attached hydrogens (tertiary/aromatic N) is 5. The van der Waals surface area contributed by atoms with Gasteiger partial charge in [0.2, 0.25) is 5.88 Å². The van der Waals surface area contributed by atoms with E-state index in [4.69, 9.17) is 19.7 Å².